The second-order valence-corrected chi connectivity index (χ2v) is 6.70. The first-order chi connectivity index (χ1) is 11.9. The molecule has 0 saturated carbocycles. The van der Waals surface area contributed by atoms with Crippen LogP contribution in [0.4, 0.5) is 18.9 Å². The predicted molar refractivity (Wildman–Crippen MR) is 89.5 cm³/mol. The number of quaternary nitrogens is 1. The van der Waals surface area contributed by atoms with Gasteiger partial charge >= 0.3 is 0 Å². The van der Waals surface area contributed by atoms with Gasteiger partial charge in [0.2, 0.25) is 0 Å². The van der Waals surface area contributed by atoms with E-state index in [2.05, 4.69) is 10.1 Å². The highest BCUT2D eigenvalue weighted by molar-refractivity contribution is 5.95. The van der Waals surface area contributed by atoms with Crippen LogP contribution < -0.4 is 9.80 Å². The van der Waals surface area contributed by atoms with Crippen LogP contribution in [0.2, 0.25) is 0 Å². The number of pyridine rings is 1. The maximum atomic E-state index is 15.1. The fraction of sp³-hybridized carbons (Fsp3) is 0.412. The second kappa shape index (κ2) is 5.59. The molecule has 1 N–H and O–H groups in total. The largest absolute Gasteiger partial charge is 0.355 e. The molecule has 3 aromatic rings. The Bertz CT molecular complexity index is 990. The summed E-state index contributed by atoms with van der Waals surface area (Å²) in [4.78, 5) is 7.01. The van der Waals surface area contributed by atoms with E-state index in [0.29, 0.717) is 29.8 Å². The molecule has 1 aromatic carbocycles. The molecule has 1 saturated heterocycles. The number of benzene rings is 1. The Hall–Kier alpha value is -2.35. The standard InChI is InChI=1S/C17H18F3N5/c1-9-10-8-11-12(18)16(25-6-4-23(2)5-7-25)14(20)13(19)15(11)21-17(10)24(3)22-9/h8H,4-7H2,1-3H3/p+1. The van der Waals surface area contributed by atoms with E-state index in [1.165, 1.54) is 15.6 Å². The third kappa shape index (κ3) is 2.35. The van der Waals surface area contributed by atoms with Crippen molar-refractivity contribution >= 4 is 27.6 Å². The number of fused-ring (bicyclic) bond motifs is 2. The van der Waals surface area contributed by atoms with Crippen molar-refractivity contribution < 1.29 is 18.1 Å². The summed E-state index contributed by atoms with van der Waals surface area (Å²) in [6.45, 7) is 4.23. The minimum atomic E-state index is -1.17. The van der Waals surface area contributed by atoms with E-state index >= 15 is 4.39 Å². The van der Waals surface area contributed by atoms with Crippen molar-refractivity contribution in [2.75, 3.05) is 38.1 Å². The summed E-state index contributed by atoms with van der Waals surface area (Å²) in [6.07, 6.45) is 0. The van der Waals surface area contributed by atoms with Crippen molar-refractivity contribution in [3.8, 4) is 0 Å². The molecule has 1 aliphatic heterocycles. The van der Waals surface area contributed by atoms with Gasteiger partial charge in [0.05, 0.1) is 38.9 Å². The first-order valence-corrected chi connectivity index (χ1v) is 8.25. The molecule has 0 radical (unpaired) electrons. The molecule has 25 heavy (non-hydrogen) atoms. The van der Waals surface area contributed by atoms with Gasteiger partial charge in [0, 0.05) is 17.8 Å². The molecule has 132 valence electrons. The van der Waals surface area contributed by atoms with E-state index in [4.69, 9.17) is 0 Å². The van der Waals surface area contributed by atoms with Crippen molar-refractivity contribution in [2.24, 2.45) is 7.05 Å². The Morgan fingerprint density at radius 1 is 1.04 bits per heavy atom. The number of nitrogens with one attached hydrogen (secondary N) is 1. The molecule has 5 nitrogen and oxygen atoms in total. The maximum Gasteiger partial charge on any atom is 0.187 e. The second-order valence-electron chi connectivity index (χ2n) is 6.70. The SMILES string of the molecule is Cc1nn(C)c2nc3c(F)c(F)c(N4CC[NH+](C)CC4)c(F)c3cc12. The Balaban J connectivity index is 1.99. The van der Waals surface area contributed by atoms with Gasteiger partial charge in [0.1, 0.15) is 11.2 Å². The average molecular weight is 350 g/mol. The molecule has 1 aliphatic rings. The van der Waals surface area contributed by atoms with Crippen LogP contribution in [-0.2, 0) is 7.05 Å². The summed E-state index contributed by atoms with van der Waals surface area (Å²) in [5.41, 5.74) is 0.480. The number of likely N-dealkylation sites (N-methyl/N-ethyl adjacent to an activating group) is 1. The van der Waals surface area contributed by atoms with Crippen LogP contribution in [0.3, 0.4) is 0 Å². The van der Waals surface area contributed by atoms with E-state index < -0.39 is 17.5 Å². The average Bonchev–Trinajstić information content (AvgIpc) is 2.87. The molecule has 0 aliphatic carbocycles. The monoisotopic (exact) mass is 350 g/mol. The number of hydrogen-bond donors (Lipinski definition) is 1. The summed E-state index contributed by atoms with van der Waals surface area (Å²) in [7, 11) is 3.69. The smallest absolute Gasteiger partial charge is 0.187 e. The van der Waals surface area contributed by atoms with Crippen LogP contribution in [-0.4, -0.2) is 48.0 Å². The van der Waals surface area contributed by atoms with Crippen LogP contribution in [0.1, 0.15) is 5.69 Å². The number of aryl methyl sites for hydroxylation is 2. The number of halogens is 3. The van der Waals surface area contributed by atoms with Crippen molar-refractivity contribution in [3.05, 3.63) is 29.2 Å². The molecule has 0 spiro atoms. The lowest BCUT2D eigenvalue weighted by molar-refractivity contribution is -0.880. The first-order valence-electron chi connectivity index (χ1n) is 8.25. The molecule has 0 amide bonds. The van der Waals surface area contributed by atoms with Crippen LogP contribution in [0.25, 0.3) is 21.9 Å². The summed E-state index contributed by atoms with van der Waals surface area (Å²) in [5, 5.41) is 4.84. The molecule has 8 heteroatoms. The first kappa shape index (κ1) is 16.1. The minimum absolute atomic E-state index is 0.0104. The lowest BCUT2D eigenvalue weighted by Crippen LogP contribution is -3.12. The van der Waals surface area contributed by atoms with Gasteiger partial charge in [-0.15, -0.1) is 0 Å². The molecule has 0 bridgehead atoms. The summed E-state index contributed by atoms with van der Waals surface area (Å²) < 4.78 is 45.9. The normalized spacial score (nSPS) is 16.3. The quantitative estimate of drug-likeness (QED) is 0.670. The maximum absolute atomic E-state index is 15.1. The van der Waals surface area contributed by atoms with Crippen molar-refractivity contribution in [1.82, 2.24) is 14.8 Å². The van der Waals surface area contributed by atoms with Crippen molar-refractivity contribution in [1.29, 1.82) is 0 Å². The zero-order chi connectivity index (χ0) is 17.9. The Morgan fingerprint density at radius 3 is 2.40 bits per heavy atom. The molecule has 0 atom stereocenters. The van der Waals surface area contributed by atoms with Gasteiger partial charge in [-0.2, -0.15) is 5.10 Å². The van der Waals surface area contributed by atoms with Crippen LogP contribution in [0.15, 0.2) is 6.07 Å². The van der Waals surface area contributed by atoms with Gasteiger partial charge < -0.3 is 9.80 Å². The number of rotatable bonds is 1. The van der Waals surface area contributed by atoms with Crippen molar-refractivity contribution in [2.45, 2.75) is 6.92 Å². The molecule has 2 aromatic heterocycles. The van der Waals surface area contributed by atoms with Gasteiger partial charge in [0.25, 0.3) is 0 Å². The summed E-state index contributed by atoms with van der Waals surface area (Å²) >= 11 is 0. The van der Waals surface area contributed by atoms with E-state index in [0.717, 1.165) is 13.1 Å². The van der Waals surface area contributed by atoms with Crippen LogP contribution in [0.5, 0.6) is 0 Å². The number of aromatic nitrogens is 3. The third-order valence-electron chi connectivity index (χ3n) is 4.98. The van der Waals surface area contributed by atoms with Gasteiger partial charge in [-0.3, -0.25) is 4.68 Å². The van der Waals surface area contributed by atoms with Gasteiger partial charge in [-0.1, -0.05) is 0 Å². The van der Waals surface area contributed by atoms with Crippen molar-refractivity contribution in [3.63, 3.8) is 0 Å². The highest BCUT2D eigenvalue weighted by Gasteiger charge is 2.29. The fourth-order valence-electron chi connectivity index (χ4n) is 3.50. The molecule has 4 rings (SSSR count). The lowest BCUT2D eigenvalue weighted by Gasteiger charge is -2.32. The third-order valence-corrected chi connectivity index (χ3v) is 4.98. The van der Waals surface area contributed by atoms with E-state index in [-0.39, 0.29) is 16.6 Å². The van der Waals surface area contributed by atoms with Gasteiger partial charge in [0.15, 0.2) is 23.1 Å². The highest BCUT2D eigenvalue weighted by Crippen LogP contribution is 2.34. The Morgan fingerprint density at radius 2 is 1.72 bits per heavy atom. The minimum Gasteiger partial charge on any atom is -0.355 e. The number of piperazine rings is 1. The number of hydrogen-bond acceptors (Lipinski definition) is 3. The van der Waals surface area contributed by atoms with Crippen LogP contribution >= 0.6 is 0 Å². The van der Waals surface area contributed by atoms with E-state index in [9.17, 15) is 8.78 Å². The fourth-order valence-corrected chi connectivity index (χ4v) is 3.50. The van der Waals surface area contributed by atoms with Crippen LogP contribution in [0, 0.1) is 24.4 Å². The molecular weight excluding hydrogens is 331 g/mol. The summed E-state index contributed by atoms with van der Waals surface area (Å²) in [6, 6.07) is 1.52. The van der Waals surface area contributed by atoms with E-state index in [1.807, 2.05) is 7.05 Å². The molecule has 1 fully saturated rings. The van der Waals surface area contributed by atoms with E-state index in [1.54, 1.807) is 18.9 Å². The predicted octanol–water partition coefficient (Wildman–Crippen LogP) is 1.18. The van der Waals surface area contributed by atoms with Gasteiger partial charge in [-0.05, 0) is 13.0 Å². The number of anilines is 1. The highest BCUT2D eigenvalue weighted by atomic mass is 19.2. The Labute approximate surface area is 142 Å². The van der Waals surface area contributed by atoms with Gasteiger partial charge in [-0.25, -0.2) is 18.2 Å². The number of nitrogens with zero attached hydrogens (tertiary/aromatic N) is 4. The zero-order valence-electron chi connectivity index (χ0n) is 14.3. The molecule has 0 unspecified atom stereocenters. The molecular formula is C17H19F3N5+. The Kier molecular flexibility index (Phi) is 3.61. The zero-order valence-corrected chi connectivity index (χ0v) is 14.3. The lowest BCUT2D eigenvalue weighted by atomic mass is 10.1. The topological polar surface area (TPSA) is 38.4 Å². The summed E-state index contributed by atoms with van der Waals surface area (Å²) in [5.74, 6) is -3.04. The molecule has 3 heterocycles.